The highest BCUT2D eigenvalue weighted by Gasteiger charge is 2.19. The third-order valence-electron chi connectivity index (χ3n) is 12.4. The molecule has 62 heavy (non-hydrogen) atoms. The van der Waals surface area contributed by atoms with E-state index in [2.05, 4.69) is 235 Å². The predicted molar refractivity (Wildman–Crippen MR) is 263 cm³/mol. The number of hydrogen-bond donors (Lipinski definition) is 0. The molecule has 0 amide bonds. The Bertz CT molecular complexity index is 3610. The van der Waals surface area contributed by atoms with E-state index in [-0.39, 0.29) is 0 Å². The minimum absolute atomic E-state index is 0.890. The van der Waals surface area contributed by atoms with E-state index in [0.717, 1.165) is 61.3 Å². The first kappa shape index (κ1) is 35.7. The fourth-order valence-electron chi connectivity index (χ4n) is 9.40. The van der Waals surface area contributed by atoms with Crippen LogP contribution in [0.3, 0.4) is 0 Å². The van der Waals surface area contributed by atoms with Crippen molar-refractivity contribution in [3.05, 3.63) is 237 Å². The van der Waals surface area contributed by atoms with Crippen molar-refractivity contribution in [2.75, 3.05) is 4.90 Å². The maximum absolute atomic E-state index is 6.52. The van der Waals surface area contributed by atoms with Crippen LogP contribution in [-0.4, -0.2) is 0 Å². The van der Waals surface area contributed by atoms with E-state index in [1.165, 1.54) is 54.6 Å². The highest BCUT2D eigenvalue weighted by molar-refractivity contribution is 6.15. The summed E-state index contributed by atoms with van der Waals surface area (Å²) in [5, 5.41) is 9.60. The van der Waals surface area contributed by atoms with Crippen molar-refractivity contribution < 1.29 is 4.42 Å². The van der Waals surface area contributed by atoms with Gasteiger partial charge < -0.3 is 9.32 Å². The second-order valence-electron chi connectivity index (χ2n) is 16.1. The first-order valence-corrected chi connectivity index (χ1v) is 21.2. The van der Waals surface area contributed by atoms with Gasteiger partial charge in [-0.3, -0.25) is 0 Å². The van der Waals surface area contributed by atoms with Gasteiger partial charge in [-0.15, -0.1) is 0 Å². The molecule has 0 aliphatic heterocycles. The van der Waals surface area contributed by atoms with E-state index in [9.17, 15) is 0 Å². The summed E-state index contributed by atoms with van der Waals surface area (Å²) in [6.07, 6.45) is 0. The molecule has 0 spiro atoms. The number of rotatable bonds is 7. The zero-order chi connectivity index (χ0) is 41.0. The minimum atomic E-state index is 0.890. The van der Waals surface area contributed by atoms with E-state index < -0.39 is 0 Å². The third kappa shape index (κ3) is 6.12. The molecule has 0 aliphatic carbocycles. The highest BCUT2D eigenvalue weighted by Crippen LogP contribution is 2.44. The monoisotopic (exact) mass is 789 g/mol. The van der Waals surface area contributed by atoms with Gasteiger partial charge in [0.15, 0.2) is 0 Å². The van der Waals surface area contributed by atoms with Crippen LogP contribution in [0.25, 0.3) is 98.8 Å². The molecule has 0 radical (unpaired) electrons. The van der Waals surface area contributed by atoms with Gasteiger partial charge in [-0.1, -0.05) is 182 Å². The average Bonchev–Trinajstić information content (AvgIpc) is 3.73. The van der Waals surface area contributed by atoms with Crippen LogP contribution >= 0.6 is 0 Å². The van der Waals surface area contributed by atoms with Gasteiger partial charge in [0, 0.05) is 33.1 Å². The number of furan rings is 1. The average molecular weight is 790 g/mol. The smallest absolute Gasteiger partial charge is 0.143 e. The molecule has 1 heterocycles. The molecule has 0 fully saturated rings. The zero-order valence-corrected chi connectivity index (χ0v) is 33.9. The van der Waals surface area contributed by atoms with E-state index in [0.29, 0.717) is 0 Å². The quantitative estimate of drug-likeness (QED) is 0.150. The summed E-state index contributed by atoms with van der Waals surface area (Å²) in [6.45, 7) is 0. The summed E-state index contributed by atoms with van der Waals surface area (Å²) in [4.78, 5) is 2.42. The second-order valence-corrected chi connectivity index (χ2v) is 16.1. The molecule has 0 bridgehead atoms. The lowest BCUT2D eigenvalue weighted by atomic mass is 9.91. The Morgan fingerprint density at radius 2 is 0.774 bits per heavy atom. The fourth-order valence-corrected chi connectivity index (χ4v) is 9.40. The maximum atomic E-state index is 6.52. The Balaban J connectivity index is 0.984. The molecular weight excluding hydrogens is 751 g/mol. The minimum Gasteiger partial charge on any atom is -0.455 e. The molecule has 1 aromatic heterocycles. The van der Waals surface area contributed by atoms with Gasteiger partial charge in [-0.25, -0.2) is 0 Å². The van der Waals surface area contributed by atoms with Crippen LogP contribution in [0.15, 0.2) is 241 Å². The lowest BCUT2D eigenvalue weighted by Gasteiger charge is -2.28. The summed E-state index contributed by atoms with van der Waals surface area (Å²) < 4.78 is 6.52. The van der Waals surface area contributed by atoms with Gasteiger partial charge in [0.2, 0.25) is 0 Å². The standard InChI is InChI=1S/C60H39NO/c1-3-14-41(15-4-1)51-24-13-25-54-57-38-46(30-35-59(57)62-60(51)54)40-26-31-48(32-27-40)61(58-39-47-20-9-10-21-50(47)52-22-11-12-23-53(52)58)49-33-28-43(29-34-49)56-37-45-19-8-7-18-44(45)36-55(56)42-16-5-2-6-17-42/h1-39H. The molecule has 0 N–H and O–H groups in total. The number of benzene rings is 11. The lowest BCUT2D eigenvalue weighted by molar-refractivity contribution is 0.670. The topological polar surface area (TPSA) is 16.4 Å². The molecule has 0 aliphatic rings. The molecule has 0 unspecified atom stereocenters. The summed E-state index contributed by atoms with van der Waals surface area (Å²) in [6, 6.07) is 85.5. The van der Waals surface area contributed by atoms with Crippen LogP contribution in [0.4, 0.5) is 17.1 Å². The van der Waals surface area contributed by atoms with Gasteiger partial charge in [-0.2, -0.15) is 0 Å². The molecule has 12 aromatic rings. The summed E-state index contributed by atoms with van der Waals surface area (Å²) in [5.74, 6) is 0. The van der Waals surface area contributed by atoms with Crippen molar-refractivity contribution >= 4 is 71.3 Å². The van der Waals surface area contributed by atoms with Crippen LogP contribution < -0.4 is 4.90 Å². The SMILES string of the molecule is c1ccc(-c2cc3ccccc3cc2-c2ccc(N(c3ccc(-c4ccc5oc6c(-c7ccccc7)cccc6c5c4)cc3)c3cc4ccccc4c4ccccc34)cc2)cc1. The van der Waals surface area contributed by atoms with E-state index in [4.69, 9.17) is 4.42 Å². The van der Waals surface area contributed by atoms with Crippen LogP contribution in [0, 0.1) is 0 Å². The number of nitrogens with zero attached hydrogens (tertiary/aromatic N) is 1. The van der Waals surface area contributed by atoms with E-state index >= 15 is 0 Å². The Labute approximate surface area is 360 Å². The van der Waals surface area contributed by atoms with Crippen molar-refractivity contribution in [1.29, 1.82) is 0 Å². The number of hydrogen-bond acceptors (Lipinski definition) is 2. The highest BCUT2D eigenvalue weighted by atomic mass is 16.3. The molecule has 2 heteroatoms. The molecule has 11 aromatic carbocycles. The molecule has 2 nitrogen and oxygen atoms in total. The van der Waals surface area contributed by atoms with Crippen molar-refractivity contribution in [2.24, 2.45) is 0 Å². The Morgan fingerprint density at radius 3 is 1.44 bits per heavy atom. The van der Waals surface area contributed by atoms with Gasteiger partial charge in [0.25, 0.3) is 0 Å². The lowest BCUT2D eigenvalue weighted by Crippen LogP contribution is -2.10. The molecule has 0 atom stereocenters. The van der Waals surface area contributed by atoms with Crippen LogP contribution in [0.2, 0.25) is 0 Å². The van der Waals surface area contributed by atoms with Crippen LogP contribution in [0.1, 0.15) is 0 Å². The van der Waals surface area contributed by atoms with Crippen molar-refractivity contribution in [1.82, 2.24) is 0 Å². The number of fused-ring (bicyclic) bond motifs is 7. The van der Waals surface area contributed by atoms with E-state index in [1.807, 2.05) is 6.07 Å². The number of anilines is 3. The Morgan fingerprint density at radius 1 is 0.274 bits per heavy atom. The Hall–Kier alpha value is -8.20. The largest absolute Gasteiger partial charge is 0.455 e. The first-order chi connectivity index (χ1) is 30.7. The van der Waals surface area contributed by atoms with E-state index in [1.54, 1.807) is 0 Å². The predicted octanol–water partition coefficient (Wildman–Crippen LogP) is 17.2. The Kier molecular flexibility index (Phi) is 8.53. The van der Waals surface area contributed by atoms with Crippen molar-refractivity contribution in [2.45, 2.75) is 0 Å². The molecule has 12 rings (SSSR count). The maximum Gasteiger partial charge on any atom is 0.143 e. The van der Waals surface area contributed by atoms with Crippen molar-refractivity contribution in [3.8, 4) is 44.5 Å². The van der Waals surface area contributed by atoms with Crippen LogP contribution in [0.5, 0.6) is 0 Å². The normalized spacial score (nSPS) is 11.5. The summed E-state index contributed by atoms with van der Waals surface area (Å²) in [7, 11) is 0. The zero-order valence-electron chi connectivity index (χ0n) is 33.9. The van der Waals surface area contributed by atoms with Crippen LogP contribution in [-0.2, 0) is 0 Å². The molecule has 290 valence electrons. The summed E-state index contributed by atoms with van der Waals surface area (Å²) >= 11 is 0. The van der Waals surface area contributed by atoms with Gasteiger partial charge in [0.1, 0.15) is 11.2 Å². The van der Waals surface area contributed by atoms with Gasteiger partial charge in [-0.05, 0) is 120 Å². The molecule has 0 saturated heterocycles. The fraction of sp³-hybridized carbons (Fsp3) is 0. The molecular formula is C60H39NO. The summed E-state index contributed by atoms with van der Waals surface area (Å²) in [5.41, 5.74) is 14.5. The van der Waals surface area contributed by atoms with Crippen molar-refractivity contribution in [3.63, 3.8) is 0 Å². The first-order valence-electron chi connectivity index (χ1n) is 21.2. The second kappa shape index (κ2) is 14.8. The van der Waals surface area contributed by atoms with Gasteiger partial charge >= 0.3 is 0 Å². The number of para-hydroxylation sites is 1. The third-order valence-corrected chi connectivity index (χ3v) is 12.4. The molecule has 0 saturated carbocycles. The van der Waals surface area contributed by atoms with Gasteiger partial charge in [0.05, 0.1) is 5.69 Å².